The van der Waals surface area contributed by atoms with Crippen molar-refractivity contribution in [2.24, 2.45) is 0 Å². The predicted octanol–water partition coefficient (Wildman–Crippen LogP) is 3.82. The molecular weight excluding hydrogens is 488 g/mol. The summed E-state index contributed by atoms with van der Waals surface area (Å²) in [7, 11) is -2.23. The maximum absolute atomic E-state index is 13.0. The number of piperazine rings is 1. The molecule has 0 aliphatic carbocycles. The Morgan fingerprint density at radius 2 is 1.91 bits per heavy atom. The minimum Gasteiger partial charge on any atom is -0.496 e. The number of nitrogens with zero attached hydrogens (tertiary/aromatic N) is 4. The van der Waals surface area contributed by atoms with Crippen LogP contribution >= 0.6 is 22.9 Å². The summed E-state index contributed by atoms with van der Waals surface area (Å²) in [6.45, 7) is 1.44. The first-order valence-corrected chi connectivity index (χ1v) is 12.7. The normalized spacial score (nSPS) is 14.9. The first-order chi connectivity index (χ1) is 15.8. The molecule has 1 aliphatic heterocycles. The standard InChI is InChI=1S/C21H21ClN4O5S2/c1-31-20-5-3-2-4-15(20)12-16-14-32-21(23-16)24-8-10-25(11-9-24)33(29,30)17-6-7-18(22)19(13-17)26(27)28/h2-7,13-14H,8-12H2,1H3. The van der Waals surface area contributed by atoms with Crippen molar-refractivity contribution in [3.63, 3.8) is 0 Å². The number of nitro groups is 1. The van der Waals surface area contributed by atoms with Gasteiger partial charge in [0, 0.05) is 49.6 Å². The number of hydrogen-bond donors (Lipinski definition) is 0. The number of halogens is 1. The van der Waals surface area contributed by atoms with Crippen LogP contribution in [0.15, 0.2) is 52.7 Å². The van der Waals surface area contributed by atoms with Crippen LogP contribution in [-0.2, 0) is 16.4 Å². The Bertz CT molecular complexity index is 1270. The molecule has 0 amide bonds. The van der Waals surface area contributed by atoms with Gasteiger partial charge in [0.2, 0.25) is 10.0 Å². The number of thiazole rings is 1. The number of nitro benzene ring substituents is 1. The molecule has 0 N–H and O–H groups in total. The first-order valence-electron chi connectivity index (χ1n) is 10.0. The molecule has 33 heavy (non-hydrogen) atoms. The highest BCUT2D eigenvalue weighted by Crippen LogP contribution is 2.30. The number of ether oxygens (including phenoxy) is 1. The third-order valence-corrected chi connectivity index (χ3v) is 8.53. The fourth-order valence-electron chi connectivity index (χ4n) is 3.63. The summed E-state index contributed by atoms with van der Waals surface area (Å²) in [5.74, 6) is 0.813. The fourth-order valence-corrected chi connectivity index (χ4v) is 6.14. The van der Waals surface area contributed by atoms with Gasteiger partial charge in [-0.15, -0.1) is 11.3 Å². The molecule has 1 fully saturated rings. The molecule has 1 aliphatic rings. The molecule has 12 heteroatoms. The Hall–Kier alpha value is -2.73. The van der Waals surface area contributed by atoms with Crippen LogP contribution in [0, 0.1) is 10.1 Å². The lowest BCUT2D eigenvalue weighted by Crippen LogP contribution is -2.48. The van der Waals surface area contributed by atoms with Crippen molar-refractivity contribution in [3.8, 4) is 5.75 Å². The Morgan fingerprint density at radius 3 is 2.61 bits per heavy atom. The highest BCUT2D eigenvalue weighted by molar-refractivity contribution is 7.89. The van der Waals surface area contributed by atoms with E-state index in [1.54, 1.807) is 7.11 Å². The van der Waals surface area contributed by atoms with E-state index in [9.17, 15) is 18.5 Å². The van der Waals surface area contributed by atoms with Crippen molar-refractivity contribution in [1.29, 1.82) is 0 Å². The zero-order valence-electron chi connectivity index (χ0n) is 17.7. The second kappa shape index (κ2) is 9.64. The van der Waals surface area contributed by atoms with Gasteiger partial charge in [0.1, 0.15) is 10.8 Å². The van der Waals surface area contributed by atoms with Crippen LogP contribution in [0.2, 0.25) is 5.02 Å². The summed E-state index contributed by atoms with van der Waals surface area (Å²) >= 11 is 7.33. The zero-order chi connectivity index (χ0) is 23.6. The maximum atomic E-state index is 13.0. The van der Waals surface area contributed by atoms with Crippen molar-refractivity contribution in [1.82, 2.24) is 9.29 Å². The highest BCUT2D eigenvalue weighted by atomic mass is 35.5. The van der Waals surface area contributed by atoms with Crippen LogP contribution in [0.4, 0.5) is 10.8 Å². The molecule has 1 aromatic heterocycles. The first kappa shape index (κ1) is 23.4. The van der Waals surface area contributed by atoms with Gasteiger partial charge in [0.05, 0.1) is 22.6 Å². The highest BCUT2D eigenvalue weighted by Gasteiger charge is 2.31. The summed E-state index contributed by atoms with van der Waals surface area (Å²) in [5, 5.41) is 13.9. The van der Waals surface area contributed by atoms with Crippen LogP contribution in [0.25, 0.3) is 0 Å². The van der Waals surface area contributed by atoms with E-state index in [1.807, 2.05) is 34.5 Å². The second-order valence-corrected chi connectivity index (χ2v) is 10.6. The van der Waals surface area contributed by atoms with Crippen molar-refractivity contribution in [2.75, 3.05) is 38.2 Å². The van der Waals surface area contributed by atoms with E-state index in [4.69, 9.17) is 21.3 Å². The fraction of sp³-hybridized carbons (Fsp3) is 0.286. The Balaban J connectivity index is 1.43. The van der Waals surface area contributed by atoms with E-state index in [0.717, 1.165) is 28.2 Å². The van der Waals surface area contributed by atoms with Crippen LogP contribution in [-0.4, -0.2) is 55.9 Å². The van der Waals surface area contributed by atoms with Crippen molar-refractivity contribution in [3.05, 3.63) is 74.2 Å². The van der Waals surface area contributed by atoms with E-state index >= 15 is 0 Å². The Kier molecular flexibility index (Phi) is 6.84. The maximum Gasteiger partial charge on any atom is 0.289 e. The molecular formula is C21H21ClN4O5S2. The van der Waals surface area contributed by atoms with Gasteiger partial charge in [-0.05, 0) is 18.2 Å². The van der Waals surface area contributed by atoms with Crippen LogP contribution in [0.5, 0.6) is 5.75 Å². The number of benzene rings is 2. The average molecular weight is 509 g/mol. The number of sulfonamides is 1. The topological polar surface area (TPSA) is 106 Å². The minimum atomic E-state index is -3.87. The van der Waals surface area contributed by atoms with Crippen LogP contribution in [0.3, 0.4) is 0 Å². The lowest BCUT2D eigenvalue weighted by Gasteiger charge is -2.33. The van der Waals surface area contributed by atoms with E-state index in [2.05, 4.69) is 0 Å². The number of anilines is 1. The van der Waals surface area contributed by atoms with Gasteiger partial charge in [-0.25, -0.2) is 13.4 Å². The summed E-state index contributed by atoms with van der Waals surface area (Å²) in [6.07, 6.45) is 0.643. The molecule has 2 heterocycles. The van der Waals surface area contributed by atoms with Gasteiger partial charge in [0.25, 0.3) is 5.69 Å². The van der Waals surface area contributed by atoms with Gasteiger partial charge in [-0.1, -0.05) is 29.8 Å². The smallest absolute Gasteiger partial charge is 0.289 e. The van der Waals surface area contributed by atoms with E-state index in [-0.39, 0.29) is 23.0 Å². The van der Waals surface area contributed by atoms with Crippen LogP contribution < -0.4 is 9.64 Å². The Morgan fingerprint density at radius 1 is 1.18 bits per heavy atom. The van der Waals surface area contributed by atoms with Gasteiger partial charge in [-0.2, -0.15) is 4.31 Å². The number of rotatable bonds is 7. The molecule has 0 bridgehead atoms. The van der Waals surface area contributed by atoms with E-state index in [0.29, 0.717) is 19.5 Å². The van der Waals surface area contributed by atoms with Gasteiger partial charge >= 0.3 is 0 Å². The van der Waals surface area contributed by atoms with Gasteiger partial charge in [0.15, 0.2) is 5.13 Å². The SMILES string of the molecule is COc1ccccc1Cc1csc(N2CCN(S(=O)(=O)c3ccc(Cl)c([N+](=O)[O-])c3)CC2)n1. The second-order valence-electron chi connectivity index (χ2n) is 7.37. The van der Waals surface area contributed by atoms with E-state index in [1.165, 1.54) is 27.8 Å². The monoisotopic (exact) mass is 508 g/mol. The quantitative estimate of drug-likeness (QED) is 0.353. The zero-order valence-corrected chi connectivity index (χ0v) is 20.1. The molecule has 0 radical (unpaired) electrons. The van der Waals surface area contributed by atoms with Gasteiger partial charge in [-0.3, -0.25) is 10.1 Å². The molecule has 9 nitrogen and oxygen atoms in total. The molecule has 2 aromatic carbocycles. The lowest BCUT2D eigenvalue weighted by molar-refractivity contribution is -0.384. The molecule has 0 saturated carbocycles. The van der Waals surface area contributed by atoms with Crippen molar-refractivity contribution >= 4 is 43.8 Å². The number of aromatic nitrogens is 1. The summed E-state index contributed by atoms with van der Waals surface area (Å²) in [6, 6.07) is 11.3. The average Bonchev–Trinajstić information content (AvgIpc) is 3.28. The van der Waals surface area contributed by atoms with Gasteiger partial charge < -0.3 is 9.64 Å². The number of para-hydroxylation sites is 1. The molecule has 0 unspecified atom stereocenters. The molecule has 0 spiro atoms. The van der Waals surface area contributed by atoms with Crippen molar-refractivity contribution in [2.45, 2.75) is 11.3 Å². The lowest BCUT2D eigenvalue weighted by atomic mass is 10.1. The summed E-state index contributed by atoms with van der Waals surface area (Å²) in [4.78, 5) is 17.1. The van der Waals surface area contributed by atoms with Crippen LogP contribution in [0.1, 0.15) is 11.3 Å². The number of hydrogen-bond acceptors (Lipinski definition) is 8. The third kappa shape index (κ3) is 4.96. The largest absolute Gasteiger partial charge is 0.496 e. The number of methoxy groups -OCH3 is 1. The van der Waals surface area contributed by atoms with E-state index < -0.39 is 20.6 Å². The summed E-state index contributed by atoms with van der Waals surface area (Å²) < 4.78 is 32.7. The molecule has 1 saturated heterocycles. The van der Waals surface area contributed by atoms with Crippen molar-refractivity contribution < 1.29 is 18.1 Å². The Labute approximate surface area is 200 Å². The minimum absolute atomic E-state index is 0.100. The predicted molar refractivity (Wildman–Crippen MR) is 127 cm³/mol. The molecule has 4 rings (SSSR count). The summed E-state index contributed by atoms with van der Waals surface area (Å²) in [5.41, 5.74) is 1.54. The molecule has 3 aromatic rings. The molecule has 0 atom stereocenters. The molecule has 174 valence electrons. The third-order valence-electron chi connectivity index (χ3n) is 5.36.